The smallest absolute Gasteiger partial charge is 0.132 e. The van der Waals surface area contributed by atoms with E-state index in [0.717, 1.165) is 5.69 Å². The molecule has 0 spiro atoms. The molecular formula is C13H11FN2. The summed E-state index contributed by atoms with van der Waals surface area (Å²) in [5.74, 6) is -0.277. The fraction of sp³-hybridized carbons (Fsp3) is 0. The minimum atomic E-state index is -0.277. The van der Waals surface area contributed by atoms with Gasteiger partial charge in [-0.25, -0.2) is 4.39 Å². The number of halogens is 1. The van der Waals surface area contributed by atoms with E-state index in [0.29, 0.717) is 5.56 Å². The van der Waals surface area contributed by atoms with Gasteiger partial charge in [0.05, 0.1) is 11.9 Å². The fourth-order valence-electron chi connectivity index (χ4n) is 1.27. The molecule has 0 atom stereocenters. The van der Waals surface area contributed by atoms with Gasteiger partial charge in [-0.1, -0.05) is 36.4 Å². The quantitative estimate of drug-likeness (QED) is 0.615. The Balaban J connectivity index is 2.03. The van der Waals surface area contributed by atoms with Gasteiger partial charge in [0.25, 0.3) is 0 Å². The van der Waals surface area contributed by atoms with Gasteiger partial charge in [-0.3, -0.25) is 5.43 Å². The summed E-state index contributed by atoms with van der Waals surface area (Å²) in [5.41, 5.74) is 4.16. The van der Waals surface area contributed by atoms with Crippen molar-refractivity contribution in [2.24, 2.45) is 5.10 Å². The zero-order valence-corrected chi connectivity index (χ0v) is 8.60. The van der Waals surface area contributed by atoms with Crippen molar-refractivity contribution in [3.8, 4) is 0 Å². The molecule has 0 fully saturated rings. The molecule has 0 aliphatic rings. The molecule has 3 heteroatoms. The Hall–Kier alpha value is -2.16. The first-order chi connectivity index (χ1) is 7.86. The fourth-order valence-corrected chi connectivity index (χ4v) is 1.27. The van der Waals surface area contributed by atoms with Crippen molar-refractivity contribution in [1.29, 1.82) is 0 Å². The summed E-state index contributed by atoms with van der Waals surface area (Å²) in [5, 5.41) is 3.96. The van der Waals surface area contributed by atoms with Crippen molar-refractivity contribution in [2.45, 2.75) is 0 Å². The SMILES string of the molecule is Fc1ccccc1/C=N/Nc1ccccc1. The standard InChI is InChI=1S/C13H11FN2/c14-13-9-5-4-6-11(13)10-15-16-12-7-2-1-3-8-12/h1-10,16H/b15-10+. The highest BCUT2D eigenvalue weighted by Gasteiger charge is 1.95. The molecule has 2 nitrogen and oxygen atoms in total. The molecule has 2 aromatic carbocycles. The van der Waals surface area contributed by atoms with E-state index in [1.54, 1.807) is 18.2 Å². The van der Waals surface area contributed by atoms with Gasteiger partial charge in [0.1, 0.15) is 5.82 Å². The van der Waals surface area contributed by atoms with Crippen LogP contribution in [0.1, 0.15) is 5.56 Å². The van der Waals surface area contributed by atoms with Gasteiger partial charge in [-0.15, -0.1) is 0 Å². The van der Waals surface area contributed by atoms with Gasteiger partial charge < -0.3 is 0 Å². The summed E-state index contributed by atoms with van der Waals surface area (Å²) >= 11 is 0. The van der Waals surface area contributed by atoms with Gasteiger partial charge >= 0.3 is 0 Å². The molecule has 80 valence electrons. The Labute approximate surface area is 93.4 Å². The van der Waals surface area contributed by atoms with Gasteiger partial charge in [0.2, 0.25) is 0 Å². The van der Waals surface area contributed by atoms with Crippen LogP contribution in [0.5, 0.6) is 0 Å². The highest BCUT2D eigenvalue weighted by Crippen LogP contribution is 2.06. The number of hydrogen-bond acceptors (Lipinski definition) is 2. The largest absolute Gasteiger partial charge is 0.279 e. The molecule has 0 aliphatic carbocycles. The van der Waals surface area contributed by atoms with Crippen LogP contribution in [0.25, 0.3) is 0 Å². The van der Waals surface area contributed by atoms with E-state index >= 15 is 0 Å². The van der Waals surface area contributed by atoms with Crippen LogP contribution in [-0.4, -0.2) is 6.21 Å². The van der Waals surface area contributed by atoms with E-state index in [1.165, 1.54) is 12.3 Å². The van der Waals surface area contributed by atoms with E-state index in [1.807, 2.05) is 30.3 Å². The second-order valence-corrected chi connectivity index (χ2v) is 3.26. The van der Waals surface area contributed by atoms with Crippen LogP contribution in [0.15, 0.2) is 59.7 Å². The highest BCUT2D eigenvalue weighted by atomic mass is 19.1. The van der Waals surface area contributed by atoms with E-state index in [2.05, 4.69) is 10.5 Å². The molecule has 1 N–H and O–H groups in total. The average molecular weight is 214 g/mol. The molecule has 0 aliphatic heterocycles. The lowest BCUT2D eigenvalue weighted by molar-refractivity contribution is 0.626. The molecule has 0 heterocycles. The number of para-hydroxylation sites is 1. The minimum absolute atomic E-state index is 0.277. The van der Waals surface area contributed by atoms with Crippen LogP contribution in [0.4, 0.5) is 10.1 Å². The number of nitrogens with zero attached hydrogens (tertiary/aromatic N) is 1. The number of hydrogen-bond donors (Lipinski definition) is 1. The van der Waals surface area contributed by atoms with Crippen molar-refractivity contribution in [3.63, 3.8) is 0 Å². The predicted octanol–water partition coefficient (Wildman–Crippen LogP) is 3.27. The van der Waals surface area contributed by atoms with Gasteiger partial charge in [0, 0.05) is 5.56 Å². The maximum Gasteiger partial charge on any atom is 0.132 e. The second-order valence-electron chi connectivity index (χ2n) is 3.26. The average Bonchev–Trinajstić information content (AvgIpc) is 2.33. The topological polar surface area (TPSA) is 24.4 Å². The van der Waals surface area contributed by atoms with Crippen LogP contribution in [0.2, 0.25) is 0 Å². The normalized spacial score (nSPS) is 10.6. The summed E-state index contributed by atoms with van der Waals surface area (Å²) in [6, 6.07) is 16.0. The zero-order valence-electron chi connectivity index (χ0n) is 8.60. The van der Waals surface area contributed by atoms with Gasteiger partial charge in [0.15, 0.2) is 0 Å². The third-order valence-corrected chi connectivity index (χ3v) is 2.08. The summed E-state index contributed by atoms with van der Waals surface area (Å²) in [4.78, 5) is 0. The van der Waals surface area contributed by atoms with Crippen LogP contribution < -0.4 is 5.43 Å². The molecule has 0 aromatic heterocycles. The lowest BCUT2D eigenvalue weighted by Crippen LogP contribution is -1.92. The number of nitrogens with one attached hydrogen (secondary N) is 1. The van der Waals surface area contributed by atoms with Crippen LogP contribution in [0.3, 0.4) is 0 Å². The number of hydrazone groups is 1. The number of rotatable bonds is 3. The van der Waals surface area contributed by atoms with E-state index < -0.39 is 0 Å². The summed E-state index contributed by atoms with van der Waals surface area (Å²) < 4.78 is 13.2. The molecule has 16 heavy (non-hydrogen) atoms. The molecule has 0 amide bonds. The Morgan fingerprint density at radius 2 is 1.62 bits per heavy atom. The second kappa shape index (κ2) is 5.07. The molecule has 0 bridgehead atoms. The Kier molecular flexibility index (Phi) is 3.28. The molecular weight excluding hydrogens is 203 g/mol. The first-order valence-corrected chi connectivity index (χ1v) is 4.95. The zero-order chi connectivity index (χ0) is 11.2. The van der Waals surface area contributed by atoms with Crippen molar-refractivity contribution >= 4 is 11.9 Å². The first-order valence-electron chi connectivity index (χ1n) is 4.95. The van der Waals surface area contributed by atoms with Gasteiger partial charge in [-0.2, -0.15) is 5.10 Å². The molecule has 0 saturated carbocycles. The Morgan fingerprint density at radius 3 is 2.38 bits per heavy atom. The molecule has 0 unspecified atom stereocenters. The van der Waals surface area contributed by atoms with Crippen molar-refractivity contribution < 1.29 is 4.39 Å². The van der Waals surface area contributed by atoms with Gasteiger partial charge in [-0.05, 0) is 18.2 Å². The van der Waals surface area contributed by atoms with E-state index in [-0.39, 0.29) is 5.82 Å². The van der Waals surface area contributed by atoms with E-state index in [4.69, 9.17) is 0 Å². The minimum Gasteiger partial charge on any atom is -0.279 e. The highest BCUT2D eigenvalue weighted by molar-refractivity contribution is 5.80. The molecule has 0 saturated heterocycles. The summed E-state index contributed by atoms with van der Waals surface area (Å²) in [6.45, 7) is 0. The van der Waals surface area contributed by atoms with Crippen LogP contribution in [-0.2, 0) is 0 Å². The third-order valence-electron chi connectivity index (χ3n) is 2.08. The maximum atomic E-state index is 13.2. The van der Waals surface area contributed by atoms with Crippen molar-refractivity contribution in [3.05, 3.63) is 66.0 Å². The summed E-state index contributed by atoms with van der Waals surface area (Å²) in [7, 11) is 0. The lowest BCUT2D eigenvalue weighted by Gasteiger charge is -1.98. The van der Waals surface area contributed by atoms with E-state index in [9.17, 15) is 4.39 Å². The maximum absolute atomic E-state index is 13.2. The number of anilines is 1. The van der Waals surface area contributed by atoms with Crippen LogP contribution in [0, 0.1) is 5.82 Å². The Morgan fingerprint density at radius 1 is 0.938 bits per heavy atom. The Bertz CT molecular complexity index is 480. The van der Waals surface area contributed by atoms with Crippen molar-refractivity contribution in [2.75, 3.05) is 5.43 Å². The third kappa shape index (κ3) is 2.67. The summed E-state index contributed by atoms with van der Waals surface area (Å²) in [6.07, 6.45) is 1.46. The first kappa shape index (κ1) is 10.4. The number of benzene rings is 2. The van der Waals surface area contributed by atoms with Crippen molar-refractivity contribution in [1.82, 2.24) is 0 Å². The monoisotopic (exact) mass is 214 g/mol. The van der Waals surface area contributed by atoms with Crippen LogP contribution >= 0.6 is 0 Å². The lowest BCUT2D eigenvalue weighted by atomic mass is 10.2. The predicted molar refractivity (Wildman–Crippen MR) is 64.1 cm³/mol. The molecule has 2 aromatic rings. The molecule has 0 radical (unpaired) electrons. The molecule has 2 rings (SSSR count).